The van der Waals surface area contributed by atoms with Crippen LogP contribution in [-0.4, -0.2) is 12.2 Å². The van der Waals surface area contributed by atoms with Crippen molar-refractivity contribution < 1.29 is 9.84 Å². The van der Waals surface area contributed by atoms with Gasteiger partial charge in [0.25, 0.3) is 0 Å². The Morgan fingerprint density at radius 2 is 1.95 bits per heavy atom. The molecule has 0 saturated carbocycles. The van der Waals surface area contributed by atoms with Crippen molar-refractivity contribution >= 4 is 15.9 Å². The molecule has 1 unspecified atom stereocenters. The van der Waals surface area contributed by atoms with E-state index in [1.54, 1.807) is 7.11 Å². The van der Waals surface area contributed by atoms with E-state index in [4.69, 9.17) is 4.74 Å². The van der Waals surface area contributed by atoms with Gasteiger partial charge in [-0.2, -0.15) is 0 Å². The van der Waals surface area contributed by atoms with Gasteiger partial charge in [-0.05, 0) is 35.0 Å². The Balaban J connectivity index is 2.09. The van der Waals surface area contributed by atoms with Crippen molar-refractivity contribution in [3.8, 4) is 11.5 Å². The Morgan fingerprint density at radius 1 is 1.20 bits per heavy atom. The smallest absolute Gasteiger partial charge is 0.134 e. The van der Waals surface area contributed by atoms with Gasteiger partial charge in [0.05, 0.1) is 11.6 Å². The van der Waals surface area contributed by atoms with Crippen LogP contribution in [0.25, 0.3) is 0 Å². The summed E-state index contributed by atoms with van der Waals surface area (Å²) in [6.45, 7) is 2.66. The van der Waals surface area contributed by atoms with Crippen molar-refractivity contribution in [3.05, 3.63) is 58.1 Å². The molecular formula is C16H18BrNO2. The summed E-state index contributed by atoms with van der Waals surface area (Å²) in [4.78, 5) is 0. The lowest BCUT2D eigenvalue weighted by molar-refractivity contribution is 0.400. The Morgan fingerprint density at radius 3 is 2.70 bits per heavy atom. The summed E-state index contributed by atoms with van der Waals surface area (Å²) in [5.74, 6) is 1.15. The molecule has 0 fully saturated rings. The van der Waals surface area contributed by atoms with Gasteiger partial charge >= 0.3 is 0 Å². The van der Waals surface area contributed by atoms with E-state index in [1.807, 2.05) is 42.5 Å². The van der Waals surface area contributed by atoms with E-state index in [0.717, 1.165) is 16.9 Å². The zero-order valence-corrected chi connectivity index (χ0v) is 13.1. The van der Waals surface area contributed by atoms with Gasteiger partial charge in [-0.15, -0.1) is 0 Å². The fourth-order valence-corrected chi connectivity index (χ4v) is 2.51. The maximum atomic E-state index is 9.97. The van der Waals surface area contributed by atoms with Crippen LogP contribution < -0.4 is 10.1 Å². The molecule has 3 nitrogen and oxygen atoms in total. The number of benzene rings is 2. The summed E-state index contributed by atoms with van der Waals surface area (Å²) in [5.41, 5.74) is 1.96. The minimum atomic E-state index is 0.129. The quantitative estimate of drug-likeness (QED) is 0.867. The minimum absolute atomic E-state index is 0.129. The molecular weight excluding hydrogens is 318 g/mol. The van der Waals surface area contributed by atoms with Crippen LogP contribution >= 0.6 is 15.9 Å². The van der Waals surface area contributed by atoms with Crippen LogP contribution in [-0.2, 0) is 6.54 Å². The Kier molecular flexibility index (Phi) is 5.04. The van der Waals surface area contributed by atoms with Gasteiger partial charge in [0, 0.05) is 23.7 Å². The van der Waals surface area contributed by atoms with Crippen molar-refractivity contribution in [1.29, 1.82) is 0 Å². The zero-order valence-electron chi connectivity index (χ0n) is 11.6. The summed E-state index contributed by atoms with van der Waals surface area (Å²) in [6, 6.07) is 13.7. The summed E-state index contributed by atoms with van der Waals surface area (Å²) < 4.78 is 6.07. The Hall–Kier alpha value is -1.52. The fourth-order valence-electron chi connectivity index (χ4n) is 2.10. The standard InChI is InChI=1S/C16H18BrNO2/c1-11(13-7-3-4-9-15(13)20-2)18-10-12-6-5-8-14(17)16(12)19/h3-9,11,18-19H,10H2,1-2H3. The van der Waals surface area contributed by atoms with Crippen LogP contribution in [0.3, 0.4) is 0 Å². The molecule has 1 atom stereocenters. The van der Waals surface area contributed by atoms with Crippen molar-refractivity contribution in [1.82, 2.24) is 5.32 Å². The first kappa shape index (κ1) is 14.9. The highest BCUT2D eigenvalue weighted by atomic mass is 79.9. The van der Waals surface area contributed by atoms with Gasteiger partial charge in [-0.3, -0.25) is 0 Å². The van der Waals surface area contributed by atoms with Crippen LogP contribution in [0.4, 0.5) is 0 Å². The highest BCUT2D eigenvalue weighted by Crippen LogP contribution is 2.29. The second-order valence-electron chi connectivity index (χ2n) is 4.59. The van der Waals surface area contributed by atoms with Crippen LogP contribution in [0.2, 0.25) is 0 Å². The van der Waals surface area contributed by atoms with Crippen LogP contribution in [0.15, 0.2) is 46.9 Å². The maximum absolute atomic E-state index is 9.97. The topological polar surface area (TPSA) is 41.5 Å². The average molecular weight is 336 g/mol. The number of halogens is 1. The number of ether oxygens (including phenoxy) is 1. The second kappa shape index (κ2) is 6.77. The van der Waals surface area contributed by atoms with Gasteiger partial charge in [-0.25, -0.2) is 0 Å². The van der Waals surface area contributed by atoms with Gasteiger partial charge in [0.2, 0.25) is 0 Å². The summed E-state index contributed by atoms with van der Waals surface area (Å²) in [6.07, 6.45) is 0. The lowest BCUT2D eigenvalue weighted by Gasteiger charge is -2.17. The molecule has 20 heavy (non-hydrogen) atoms. The Bertz CT molecular complexity index is 586. The molecule has 0 spiro atoms. The number of hydrogen-bond donors (Lipinski definition) is 2. The van der Waals surface area contributed by atoms with Gasteiger partial charge in [-0.1, -0.05) is 30.3 Å². The number of hydrogen-bond acceptors (Lipinski definition) is 3. The van der Waals surface area contributed by atoms with Gasteiger partial charge in [0.15, 0.2) is 0 Å². The summed E-state index contributed by atoms with van der Waals surface area (Å²) >= 11 is 3.32. The number of rotatable bonds is 5. The molecule has 2 N–H and O–H groups in total. The molecule has 0 bridgehead atoms. The molecule has 106 valence electrons. The largest absolute Gasteiger partial charge is 0.506 e. The van der Waals surface area contributed by atoms with E-state index in [-0.39, 0.29) is 11.8 Å². The van der Waals surface area contributed by atoms with Crippen molar-refractivity contribution in [2.45, 2.75) is 19.5 Å². The molecule has 0 heterocycles. The van der Waals surface area contributed by atoms with Crippen LogP contribution in [0.5, 0.6) is 11.5 Å². The SMILES string of the molecule is COc1ccccc1C(C)NCc1cccc(Br)c1O. The normalized spacial score (nSPS) is 12.2. The molecule has 0 saturated heterocycles. The molecule has 0 aliphatic carbocycles. The third-order valence-electron chi connectivity index (χ3n) is 3.27. The van der Waals surface area contributed by atoms with E-state index < -0.39 is 0 Å². The highest BCUT2D eigenvalue weighted by molar-refractivity contribution is 9.10. The number of phenolic OH excluding ortho intramolecular Hbond substituents is 1. The number of phenols is 1. The third-order valence-corrected chi connectivity index (χ3v) is 3.91. The number of nitrogens with one attached hydrogen (secondary N) is 1. The van der Waals surface area contributed by atoms with Crippen LogP contribution in [0.1, 0.15) is 24.1 Å². The lowest BCUT2D eigenvalue weighted by Crippen LogP contribution is -2.18. The summed E-state index contributed by atoms with van der Waals surface area (Å²) in [5, 5.41) is 13.4. The van der Waals surface area contributed by atoms with Crippen molar-refractivity contribution in [2.75, 3.05) is 7.11 Å². The third kappa shape index (κ3) is 3.32. The van der Waals surface area contributed by atoms with E-state index in [2.05, 4.69) is 28.2 Å². The van der Waals surface area contributed by atoms with E-state index in [1.165, 1.54) is 0 Å². The second-order valence-corrected chi connectivity index (χ2v) is 5.45. The molecule has 0 aliphatic rings. The minimum Gasteiger partial charge on any atom is -0.506 e. The van der Waals surface area contributed by atoms with E-state index in [9.17, 15) is 5.11 Å². The monoisotopic (exact) mass is 335 g/mol. The molecule has 0 aliphatic heterocycles. The Labute approximate surface area is 127 Å². The molecule has 0 aromatic heterocycles. The molecule has 2 rings (SSSR count). The van der Waals surface area contributed by atoms with E-state index >= 15 is 0 Å². The first-order valence-electron chi connectivity index (χ1n) is 6.46. The predicted octanol–water partition coefficient (Wildman–Crippen LogP) is 4.01. The molecule has 0 amide bonds. The zero-order chi connectivity index (χ0) is 14.5. The molecule has 2 aromatic rings. The number of methoxy groups -OCH3 is 1. The number of para-hydroxylation sites is 2. The molecule has 2 aromatic carbocycles. The molecule has 0 radical (unpaired) electrons. The first-order valence-corrected chi connectivity index (χ1v) is 7.25. The maximum Gasteiger partial charge on any atom is 0.134 e. The first-order chi connectivity index (χ1) is 9.63. The number of aromatic hydroxyl groups is 1. The highest BCUT2D eigenvalue weighted by Gasteiger charge is 2.11. The average Bonchev–Trinajstić information content (AvgIpc) is 2.48. The lowest BCUT2D eigenvalue weighted by atomic mass is 10.1. The van der Waals surface area contributed by atoms with E-state index in [0.29, 0.717) is 11.0 Å². The van der Waals surface area contributed by atoms with Crippen LogP contribution in [0, 0.1) is 0 Å². The fraction of sp³-hybridized carbons (Fsp3) is 0.250. The van der Waals surface area contributed by atoms with Gasteiger partial charge < -0.3 is 15.2 Å². The van der Waals surface area contributed by atoms with Crippen molar-refractivity contribution in [3.63, 3.8) is 0 Å². The predicted molar refractivity (Wildman–Crippen MR) is 84.1 cm³/mol. The molecule has 4 heteroatoms. The van der Waals surface area contributed by atoms with Crippen molar-refractivity contribution in [2.24, 2.45) is 0 Å². The van der Waals surface area contributed by atoms with Gasteiger partial charge in [0.1, 0.15) is 11.5 Å². The summed E-state index contributed by atoms with van der Waals surface area (Å²) in [7, 11) is 1.67.